The van der Waals surface area contributed by atoms with Crippen molar-refractivity contribution >= 4 is 15.9 Å². The highest BCUT2D eigenvalue weighted by atomic mass is 32.2. The highest BCUT2D eigenvalue weighted by Gasteiger charge is 2.22. The standard InChI is InChI=1S/C21H28N2O4S/c1-5-23(6-2)28(25,26)19-9-7-8-18(15-19)21(24)22-13-12-17-14-16(3)10-11-20(17)27-4/h7-11,14-15H,5-6,12-13H2,1-4H3,(H,22,24). The molecule has 7 heteroatoms. The first kappa shape index (κ1) is 21.9. The molecular weight excluding hydrogens is 376 g/mol. The highest BCUT2D eigenvalue weighted by Crippen LogP contribution is 2.20. The SMILES string of the molecule is CCN(CC)S(=O)(=O)c1cccc(C(=O)NCCc2cc(C)ccc2OC)c1. The van der Waals surface area contributed by atoms with Crippen LogP contribution in [0.4, 0.5) is 0 Å². The van der Waals surface area contributed by atoms with Crippen LogP contribution in [0.15, 0.2) is 47.4 Å². The van der Waals surface area contributed by atoms with Gasteiger partial charge in [0.25, 0.3) is 5.91 Å². The predicted octanol–water partition coefficient (Wildman–Crippen LogP) is 3.01. The molecule has 0 bridgehead atoms. The van der Waals surface area contributed by atoms with Crippen molar-refractivity contribution in [1.82, 2.24) is 9.62 Å². The maximum atomic E-state index is 12.7. The van der Waals surface area contributed by atoms with Gasteiger partial charge in [-0.1, -0.05) is 37.6 Å². The van der Waals surface area contributed by atoms with E-state index >= 15 is 0 Å². The van der Waals surface area contributed by atoms with Gasteiger partial charge in [0.15, 0.2) is 0 Å². The van der Waals surface area contributed by atoms with Gasteiger partial charge in [0.05, 0.1) is 12.0 Å². The van der Waals surface area contributed by atoms with Crippen molar-refractivity contribution in [2.45, 2.75) is 32.1 Å². The van der Waals surface area contributed by atoms with Crippen LogP contribution in [0.25, 0.3) is 0 Å². The van der Waals surface area contributed by atoms with E-state index in [0.717, 1.165) is 16.9 Å². The summed E-state index contributed by atoms with van der Waals surface area (Å²) in [4.78, 5) is 12.6. The van der Waals surface area contributed by atoms with Crippen LogP contribution in [0.3, 0.4) is 0 Å². The number of nitrogens with zero attached hydrogens (tertiary/aromatic N) is 1. The van der Waals surface area contributed by atoms with Crippen LogP contribution < -0.4 is 10.1 Å². The molecule has 0 heterocycles. The Kier molecular flexibility index (Phi) is 7.60. The summed E-state index contributed by atoms with van der Waals surface area (Å²) < 4.78 is 32.0. The molecule has 28 heavy (non-hydrogen) atoms. The lowest BCUT2D eigenvalue weighted by Gasteiger charge is -2.18. The minimum absolute atomic E-state index is 0.129. The van der Waals surface area contributed by atoms with Gasteiger partial charge in [-0.2, -0.15) is 4.31 Å². The molecule has 2 aromatic carbocycles. The van der Waals surface area contributed by atoms with Crippen LogP contribution in [0.5, 0.6) is 5.75 Å². The number of carbonyl (C=O) groups excluding carboxylic acids is 1. The first-order valence-corrected chi connectivity index (χ1v) is 10.8. The summed E-state index contributed by atoms with van der Waals surface area (Å²) in [6.45, 7) is 6.77. The van der Waals surface area contributed by atoms with E-state index < -0.39 is 10.0 Å². The Labute approximate surface area is 167 Å². The van der Waals surface area contributed by atoms with Gasteiger partial charge >= 0.3 is 0 Å². The first-order chi connectivity index (χ1) is 13.3. The molecule has 0 spiro atoms. The second-order valence-corrected chi connectivity index (χ2v) is 8.38. The number of hydrogen-bond acceptors (Lipinski definition) is 4. The lowest BCUT2D eigenvalue weighted by molar-refractivity contribution is 0.0954. The van der Waals surface area contributed by atoms with Crippen LogP contribution in [-0.4, -0.2) is 45.4 Å². The highest BCUT2D eigenvalue weighted by molar-refractivity contribution is 7.89. The number of benzene rings is 2. The smallest absolute Gasteiger partial charge is 0.251 e. The monoisotopic (exact) mass is 404 g/mol. The molecule has 0 aliphatic carbocycles. The van der Waals surface area contributed by atoms with Crippen molar-refractivity contribution in [3.8, 4) is 5.75 Å². The van der Waals surface area contributed by atoms with Crippen LogP contribution in [-0.2, 0) is 16.4 Å². The number of aryl methyl sites for hydroxylation is 1. The number of ether oxygens (including phenoxy) is 1. The molecule has 152 valence electrons. The van der Waals surface area contributed by atoms with E-state index in [4.69, 9.17) is 4.74 Å². The van der Waals surface area contributed by atoms with Gasteiger partial charge in [-0.05, 0) is 43.2 Å². The van der Waals surface area contributed by atoms with Crippen molar-refractivity contribution in [3.63, 3.8) is 0 Å². The lowest BCUT2D eigenvalue weighted by Crippen LogP contribution is -2.31. The van der Waals surface area contributed by atoms with Gasteiger partial charge in [-0.25, -0.2) is 8.42 Å². The molecule has 2 rings (SSSR count). The summed E-state index contributed by atoms with van der Waals surface area (Å²) in [5.41, 5.74) is 2.46. The van der Waals surface area contributed by atoms with Crippen molar-refractivity contribution in [1.29, 1.82) is 0 Å². The van der Waals surface area contributed by atoms with E-state index in [2.05, 4.69) is 5.32 Å². The van der Waals surface area contributed by atoms with Crippen LogP contribution in [0.1, 0.15) is 35.3 Å². The number of sulfonamides is 1. The van der Waals surface area contributed by atoms with E-state index in [0.29, 0.717) is 31.6 Å². The predicted molar refractivity (Wildman–Crippen MR) is 110 cm³/mol. The molecule has 0 aromatic heterocycles. The molecule has 1 amide bonds. The third-order valence-corrected chi connectivity index (χ3v) is 6.60. The quantitative estimate of drug-likeness (QED) is 0.697. The molecular formula is C21H28N2O4S. The first-order valence-electron chi connectivity index (χ1n) is 9.35. The molecule has 0 aliphatic heterocycles. The fraction of sp³-hybridized carbons (Fsp3) is 0.381. The Hall–Kier alpha value is -2.38. The second-order valence-electron chi connectivity index (χ2n) is 6.44. The maximum Gasteiger partial charge on any atom is 0.251 e. The number of amides is 1. The minimum Gasteiger partial charge on any atom is -0.496 e. The fourth-order valence-corrected chi connectivity index (χ4v) is 4.53. The summed E-state index contributed by atoms with van der Waals surface area (Å²) in [6.07, 6.45) is 0.619. The largest absolute Gasteiger partial charge is 0.496 e. The van der Waals surface area contributed by atoms with E-state index in [1.165, 1.54) is 16.4 Å². The Bertz CT molecular complexity index is 922. The molecule has 0 saturated carbocycles. The van der Waals surface area contributed by atoms with Crippen molar-refractivity contribution in [2.75, 3.05) is 26.7 Å². The van der Waals surface area contributed by atoms with Gasteiger partial charge in [-0.15, -0.1) is 0 Å². The molecule has 1 N–H and O–H groups in total. The van der Waals surface area contributed by atoms with Crippen molar-refractivity contribution in [3.05, 3.63) is 59.2 Å². The van der Waals surface area contributed by atoms with E-state index in [9.17, 15) is 13.2 Å². The summed E-state index contributed by atoms with van der Waals surface area (Å²) in [5, 5.41) is 2.85. The number of methoxy groups -OCH3 is 1. The van der Waals surface area contributed by atoms with Gasteiger partial charge < -0.3 is 10.1 Å². The minimum atomic E-state index is -3.60. The van der Waals surface area contributed by atoms with Crippen LogP contribution >= 0.6 is 0 Å². The Morgan fingerprint density at radius 3 is 2.46 bits per heavy atom. The number of carbonyl (C=O) groups is 1. The van der Waals surface area contributed by atoms with Gasteiger partial charge in [0.1, 0.15) is 5.75 Å². The Balaban J connectivity index is 2.09. The van der Waals surface area contributed by atoms with Gasteiger partial charge in [-0.3, -0.25) is 4.79 Å². The molecule has 0 unspecified atom stereocenters. The summed E-state index contributed by atoms with van der Waals surface area (Å²) >= 11 is 0. The zero-order chi connectivity index (χ0) is 20.7. The van der Waals surface area contributed by atoms with Crippen LogP contribution in [0.2, 0.25) is 0 Å². The van der Waals surface area contributed by atoms with E-state index in [1.807, 2.05) is 25.1 Å². The zero-order valence-corrected chi connectivity index (χ0v) is 17.7. The molecule has 0 radical (unpaired) electrons. The summed E-state index contributed by atoms with van der Waals surface area (Å²) in [5.74, 6) is 0.482. The third-order valence-electron chi connectivity index (χ3n) is 4.56. The molecule has 0 fully saturated rings. The maximum absolute atomic E-state index is 12.7. The molecule has 0 aliphatic rings. The number of rotatable bonds is 9. The average molecular weight is 405 g/mol. The second kappa shape index (κ2) is 9.71. The Morgan fingerprint density at radius 1 is 1.11 bits per heavy atom. The van der Waals surface area contributed by atoms with Crippen molar-refractivity contribution in [2.24, 2.45) is 0 Å². The van der Waals surface area contributed by atoms with Crippen LogP contribution in [0, 0.1) is 6.92 Å². The Morgan fingerprint density at radius 2 is 1.82 bits per heavy atom. The normalized spacial score (nSPS) is 11.5. The van der Waals surface area contributed by atoms with Crippen molar-refractivity contribution < 1.29 is 17.9 Å². The number of hydrogen-bond donors (Lipinski definition) is 1. The van der Waals surface area contributed by atoms with Gasteiger partial charge in [0, 0.05) is 25.2 Å². The number of nitrogens with one attached hydrogen (secondary N) is 1. The topological polar surface area (TPSA) is 75.7 Å². The summed E-state index contributed by atoms with van der Waals surface area (Å²) in [6, 6.07) is 12.1. The average Bonchev–Trinajstić information content (AvgIpc) is 2.69. The van der Waals surface area contributed by atoms with E-state index in [-0.39, 0.29) is 10.8 Å². The summed E-state index contributed by atoms with van der Waals surface area (Å²) in [7, 11) is -1.98. The van der Waals surface area contributed by atoms with Gasteiger partial charge in [0.2, 0.25) is 10.0 Å². The molecule has 6 nitrogen and oxygen atoms in total. The molecule has 0 saturated heterocycles. The third kappa shape index (κ3) is 5.11. The zero-order valence-electron chi connectivity index (χ0n) is 16.9. The molecule has 2 aromatic rings. The fourth-order valence-electron chi connectivity index (χ4n) is 3.03. The molecule has 0 atom stereocenters. The van der Waals surface area contributed by atoms with E-state index in [1.54, 1.807) is 33.1 Å². The lowest BCUT2D eigenvalue weighted by atomic mass is 10.1.